The third-order valence-electron chi connectivity index (χ3n) is 2.61. The average Bonchev–Trinajstić information content (AvgIpc) is 2.97. The maximum Gasteiger partial charge on any atom is 0.326 e. The van der Waals surface area contributed by atoms with Gasteiger partial charge in [-0.25, -0.2) is 4.79 Å². The summed E-state index contributed by atoms with van der Waals surface area (Å²) >= 11 is 0. The van der Waals surface area contributed by atoms with Crippen molar-refractivity contribution in [3.63, 3.8) is 0 Å². The maximum absolute atomic E-state index is 11.4. The number of hydrogen-bond donors (Lipinski definition) is 3. The molecule has 1 saturated carbocycles. The number of carbonyl (C=O) groups is 2. The first-order chi connectivity index (χ1) is 7.50. The Hall–Kier alpha value is -1.10. The summed E-state index contributed by atoms with van der Waals surface area (Å²) in [4.78, 5) is 22.3. The minimum absolute atomic E-state index is 0.0992. The summed E-state index contributed by atoms with van der Waals surface area (Å²) in [5, 5.41) is 14.6. The molecular weight excluding hydrogens is 208 g/mol. The van der Waals surface area contributed by atoms with Gasteiger partial charge in [0.25, 0.3) is 0 Å². The smallest absolute Gasteiger partial charge is 0.326 e. The zero-order valence-corrected chi connectivity index (χ0v) is 9.82. The molecule has 0 aromatic heterocycles. The van der Waals surface area contributed by atoms with Crippen molar-refractivity contribution >= 4 is 11.9 Å². The van der Waals surface area contributed by atoms with Gasteiger partial charge in [-0.1, -0.05) is 13.8 Å². The number of carboxylic acids is 1. The Morgan fingerprint density at radius 2 is 2.00 bits per heavy atom. The van der Waals surface area contributed by atoms with Gasteiger partial charge in [0, 0.05) is 19.0 Å². The number of rotatable bonds is 7. The third-order valence-corrected chi connectivity index (χ3v) is 2.61. The fourth-order valence-corrected chi connectivity index (χ4v) is 1.44. The van der Waals surface area contributed by atoms with E-state index in [9.17, 15) is 9.59 Å². The van der Waals surface area contributed by atoms with Gasteiger partial charge in [0.2, 0.25) is 5.91 Å². The molecule has 3 N–H and O–H groups in total. The lowest BCUT2D eigenvalue weighted by Gasteiger charge is -2.17. The zero-order valence-electron chi connectivity index (χ0n) is 9.82. The standard InChI is InChI=1S/C11H20N2O3/c1-7(2)10(11(15)16)13-9(14)5-6-12-8-3-4-8/h7-8,10,12H,3-6H2,1-2H3,(H,13,14)(H,15,16)/t10-/m0/s1. The molecule has 5 heteroatoms. The van der Waals surface area contributed by atoms with E-state index in [-0.39, 0.29) is 11.8 Å². The second kappa shape index (κ2) is 5.84. The highest BCUT2D eigenvalue weighted by molar-refractivity contribution is 5.83. The van der Waals surface area contributed by atoms with Gasteiger partial charge in [0.15, 0.2) is 0 Å². The van der Waals surface area contributed by atoms with Crippen LogP contribution in [0.25, 0.3) is 0 Å². The Morgan fingerprint density at radius 3 is 2.44 bits per heavy atom. The fourth-order valence-electron chi connectivity index (χ4n) is 1.44. The van der Waals surface area contributed by atoms with Crippen molar-refractivity contribution in [3.05, 3.63) is 0 Å². The first kappa shape index (κ1) is 13.0. The van der Waals surface area contributed by atoms with E-state index in [2.05, 4.69) is 10.6 Å². The van der Waals surface area contributed by atoms with Crippen LogP contribution in [0, 0.1) is 5.92 Å². The van der Waals surface area contributed by atoms with Crippen molar-refractivity contribution in [1.29, 1.82) is 0 Å². The number of aliphatic carboxylic acids is 1. The van der Waals surface area contributed by atoms with Gasteiger partial charge in [-0.05, 0) is 18.8 Å². The van der Waals surface area contributed by atoms with E-state index >= 15 is 0 Å². The highest BCUT2D eigenvalue weighted by atomic mass is 16.4. The molecular formula is C11H20N2O3. The van der Waals surface area contributed by atoms with E-state index in [0.717, 1.165) is 0 Å². The Balaban J connectivity index is 2.21. The van der Waals surface area contributed by atoms with Crippen molar-refractivity contribution < 1.29 is 14.7 Å². The monoisotopic (exact) mass is 228 g/mol. The van der Waals surface area contributed by atoms with Crippen LogP contribution >= 0.6 is 0 Å². The molecule has 0 aromatic rings. The minimum atomic E-state index is -0.974. The van der Waals surface area contributed by atoms with E-state index in [1.54, 1.807) is 13.8 Å². The molecule has 0 bridgehead atoms. The summed E-state index contributed by atoms with van der Waals surface area (Å²) < 4.78 is 0. The van der Waals surface area contributed by atoms with E-state index in [4.69, 9.17) is 5.11 Å². The number of nitrogens with one attached hydrogen (secondary N) is 2. The predicted octanol–water partition coefficient (Wildman–Crippen LogP) is 0.354. The van der Waals surface area contributed by atoms with Gasteiger partial charge in [-0.2, -0.15) is 0 Å². The molecule has 16 heavy (non-hydrogen) atoms. The summed E-state index contributed by atoms with van der Waals surface area (Å²) in [7, 11) is 0. The topological polar surface area (TPSA) is 78.4 Å². The van der Waals surface area contributed by atoms with E-state index in [1.807, 2.05) is 0 Å². The summed E-state index contributed by atoms with van der Waals surface area (Å²) in [6, 6.07) is -0.207. The van der Waals surface area contributed by atoms with E-state index in [0.29, 0.717) is 19.0 Å². The molecule has 0 radical (unpaired) electrons. The van der Waals surface area contributed by atoms with Crippen molar-refractivity contribution in [2.45, 2.75) is 45.2 Å². The lowest BCUT2D eigenvalue weighted by atomic mass is 10.0. The van der Waals surface area contributed by atoms with Gasteiger partial charge >= 0.3 is 5.97 Å². The maximum atomic E-state index is 11.4. The van der Waals surface area contributed by atoms with Crippen LogP contribution in [-0.2, 0) is 9.59 Å². The van der Waals surface area contributed by atoms with Crippen LogP contribution < -0.4 is 10.6 Å². The van der Waals surface area contributed by atoms with Crippen molar-refractivity contribution in [1.82, 2.24) is 10.6 Å². The fraction of sp³-hybridized carbons (Fsp3) is 0.818. The minimum Gasteiger partial charge on any atom is -0.480 e. The van der Waals surface area contributed by atoms with Gasteiger partial charge in [-0.15, -0.1) is 0 Å². The molecule has 92 valence electrons. The SMILES string of the molecule is CC(C)[C@H](NC(=O)CCNC1CC1)C(=O)O. The van der Waals surface area contributed by atoms with Crippen LogP contribution in [0.2, 0.25) is 0 Å². The molecule has 1 aliphatic rings. The Bertz CT molecular complexity index is 262. The molecule has 0 saturated heterocycles. The molecule has 0 aliphatic heterocycles. The summed E-state index contributed by atoms with van der Waals surface area (Å²) in [6.45, 7) is 4.18. The number of carbonyl (C=O) groups excluding carboxylic acids is 1. The second-order valence-electron chi connectivity index (χ2n) is 4.61. The van der Waals surface area contributed by atoms with Crippen LogP contribution in [0.5, 0.6) is 0 Å². The van der Waals surface area contributed by atoms with Gasteiger partial charge in [0.1, 0.15) is 6.04 Å². The first-order valence-corrected chi connectivity index (χ1v) is 5.76. The van der Waals surface area contributed by atoms with Crippen molar-refractivity contribution in [2.24, 2.45) is 5.92 Å². The molecule has 0 aromatic carbocycles. The Morgan fingerprint density at radius 1 is 1.38 bits per heavy atom. The normalized spacial score (nSPS) is 17.2. The van der Waals surface area contributed by atoms with Gasteiger partial charge in [-0.3, -0.25) is 4.79 Å². The highest BCUT2D eigenvalue weighted by Crippen LogP contribution is 2.18. The quantitative estimate of drug-likeness (QED) is 0.587. The van der Waals surface area contributed by atoms with Crippen LogP contribution in [0.3, 0.4) is 0 Å². The Kier molecular flexibility index (Phi) is 4.73. The van der Waals surface area contributed by atoms with Crippen LogP contribution in [0.15, 0.2) is 0 Å². The predicted molar refractivity (Wildman–Crippen MR) is 60.0 cm³/mol. The van der Waals surface area contributed by atoms with E-state index < -0.39 is 12.0 Å². The molecule has 1 aliphatic carbocycles. The molecule has 1 amide bonds. The second-order valence-corrected chi connectivity index (χ2v) is 4.61. The number of amides is 1. The summed E-state index contributed by atoms with van der Waals surface area (Å²) in [6.07, 6.45) is 2.71. The lowest BCUT2D eigenvalue weighted by molar-refractivity contribution is -0.143. The molecule has 1 rings (SSSR count). The highest BCUT2D eigenvalue weighted by Gasteiger charge is 2.24. The zero-order chi connectivity index (χ0) is 12.1. The first-order valence-electron chi connectivity index (χ1n) is 5.76. The largest absolute Gasteiger partial charge is 0.480 e. The molecule has 1 fully saturated rings. The van der Waals surface area contributed by atoms with E-state index in [1.165, 1.54) is 12.8 Å². The van der Waals surface area contributed by atoms with Crippen molar-refractivity contribution in [2.75, 3.05) is 6.54 Å². The summed E-state index contributed by atoms with van der Waals surface area (Å²) in [5.74, 6) is -1.27. The van der Waals surface area contributed by atoms with Crippen LogP contribution in [-0.4, -0.2) is 35.6 Å². The molecule has 0 heterocycles. The summed E-state index contributed by atoms with van der Waals surface area (Å²) in [5.41, 5.74) is 0. The molecule has 0 unspecified atom stereocenters. The number of hydrogen-bond acceptors (Lipinski definition) is 3. The lowest BCUT2D eigenvalue weighted by Crippen LogP contribution is -2.45. The average molecular weight is 228 g/mol. The number of carboxylic acid groups (broad SMARTS) is 1. The Labute approximate surface area is 95.6 Å². The molecule has 5 nitrogen and oxygen atoms in total. The molecule has 0 spiro atoms. The van der Waals surface area contributed by atoms with Crippen LogP contribution in [0.4, 0.5) is 0 Å². The third kappa shape index (κ3) is 4.61. The van der Waals surface area contributed by atoms with Gasteiger partial charge in [0.05, 0.1) is 0 Å². The van der Waals surface area contributed by atoms with Crippen molar-refractivity contribution in [3.8, 4) is 0 Å². The van der Waals surface area contributed by atoms with Gasteiger partial charge < -0.3 is 15.7 Å². The molecule has 1 atom stereocenters. The van der Waals surface area contributed by atoms with Crippen LogP contribution in [0.1, 0.15) is 33.1 Å².